The van der Waals surface area contributed by atoms with Crippen molar-refractivity contribution in [2.24, 2.45) is 0 Å². The van der Waals surface area contributed by atoms with Crippen molar-refractivity contribution in [2.75, 3.05) is 49.6 Å². The lowest BCUT2D eigenvalue weighted by Crippen LogP contribution is -2.48. The van der Waals surface area contributed by atoms with Crippen LogP contribution in [0.25, 0.3) is 0 Å². The zero-order valence-corrected chi connectivity index (χ0v) is 19.9. The van der Waals surface area contributed by atoms with Crippen LogP contribution in [0.5, 0.6) is 0 Å². The molecular weight excluding hydrogens is 438 g/mol. The second-order valence-electron chi connectivity index (χ2n) is 8.81. The maximum atomic E-state index is 13.7. The number of likely N-dealkylation sites (N-methyl/N-ethyl adjacent to an activating group) is 1. The molecule has 1 aliphatic heterocycles. The molecule has 0 atom stereocenters. The Balaban J connectivity index is 1.41. The normalized spacial score (nSPS) is 17.6. The van der Waals surface area contributed by atoms with Gasteiger partial charge in [-0.25, -0.2) is 0 Å². The van der Waals surface area contributed by atoms with Crippen LogP contribution < -0.4 is 10.2 Å². The predicted octanol–water partition coefficient (Wildman–Crippen LogP) is 4.48. The summed E-state index contributed by atoms with van der Waals surface area (Å²) >= 11 is 6.08. The number of halogens is 1. The number of ether oxygens (including phenoxy) is 1. The highest BCUT2D eigenvalue weighted by Gasteiger charge is 2.44. The summed E-state index contributed by atoms with van der Waals surface area (Å²) in [4.78, 5) is 30.5. The van der Waals surface area contributed by atoms with Crippen LogP contribution >= 0.6 is 11.6 Å². The molecule has 176 valence electrons. The summed E-state index contributed by atoms with van der Waals surface area (Å²) in [5.74, 6) is -0.156. The molecule has 6 nitrogen and oxygen atoms in total. The number of nitrogens with zero attached hydrogens (tertiary/aromatic N) is 2. The van der Waals surface area contributed by atoms with E-state index in [4.69, 9.17) is 16.3 Å². The Kier molecular flexibility index (Phi) is 7.56. The van der Waals surface area contributed by atoms with Crippen LogP contribution in [0.4, 0.5) is 11.4 Å². The fourth-order valence-corrected chi connectivity index (χ4v) is 5.08. The third-order valence-electron chi connectivity index (χ3n) is 6.79. The first-order chi connectivity index (χ1) is 16.0. The molecular formula is C26H32ClN3O3. The molecule has 2 aromatic carbocycles. The zero-order valence-electron chi connectivity index (χ0n) is 19.2. The Morgan fingerprint density at radius 1 is 1.03 bits per heavy atom. The average molecular weight is 470 g/mol. The highest BCUT2D eigenvalue weighted by molar-refractivity contribution is 6.30. The highest BCUT2D eigenvalue weighted by Crippen LogP contribution is 2.43. The van der Waals surface area contributed by atoms with Gasteiger partial charge in [0.1, 0.15) is 0 Å². The lowest BCUT2D eigenvalue weighted by Gasteiger charge is -2.34. The number of benzene rings is 2. The molecule has 0 unspecified atom stereocenters. The standard InChI is InChI=1S/C26H32ClN3O3/c1-2-29(25(32)26(13-3-4-14-26)20-5-7-21(27)8-6-20)19-24(31)28-22-9-11-23(12-10-22)30-15-17-33-18-16-30/h5-12H,2-4,13-19H2,1H3,(H,28,31). The molecule has 0 radical (unpaired) electrons. The van der Waals surface area contributed by atoms with Gasteiger partial charge in [0.15, 0.2) is 0 Å². The Morgan fingerprint density at radius 2 is 1.67 bits per heavy atom. The van der Waals surface area contributed by atoms with E-state index in [0.29, 0.717) is 11.6 Å². The van der Waals surface area contributed by atoms with Crippen molar-refractivity contribution in [1.82, 2.24) is 4.90 Å². The van der Waals surface area contributed by atoms with E-state index in [9.17, 15) is 9.59 Å². The maximum Gasteiger partial charge on any atom is 0.243 e. The smallest absolute Gasteiger partial charge is 0.243 e. The van der Waals surface area contributed by atoms with Gasteiger partial charge < -0.3 is 19.9 Å². The van der Waals surface area contributed by atoms with Crippen LogP contribution in [-0.4, -0.2) is 56.1 Å². The quantitative estimate of drug-likeness (QED) is 0.649. The van der Waals surface area contributed by atoms with Gasteiger partial charge in [0.25, 0.3) is 0 Å². The number of rotatable bonds is 7. The molecule has 1 saturated heterocycles. The molecule has 0 spiro atoms. The molecule has 4 rings (SSSR count). The SMILES string of the molecule is CCN(CC(=O)Nc1ccc(N2CCOCC2)cc1)C(=O)C1(c2ccc(Cl)cc2)CCCC1. The summed E-state index contributed by atoms with van der Waals surface area (Å²) in [6.45, 7) is 5.65. The Hall–Kier alpha value is -2.57. The van der Waals surface area contributed by atoms with Crippen molar-refractivity contribution in [3.8, 4) is 0 Å². The minimum absolute atomic E-state index is 0.0302. The second kappa shape index (κ2) is 10.6. The predicted molar refractivity (Wildman–Crippen MR) is 132 cm³/mol. The topological polar surface area (TPSA) is 61.9 Å². The molecule has 2 aromatic rings. The summed E-state index contributed by atoms with van der Waals surface area (Å²) in [7, 11) is 0. The van der Waals surface area contributed by atoms with E-state index in [-0.39, 0.29) is 18.4 Å². The molecule has 33 heavy (non-hydrogen) atoms. The summed E-state index contributed by atoms with van der Waals surface area (Å²) in [5.41, 5.74) is 2.27. The molecule has 7 heteroatoms. The van der Waals surface area contributed by atoms with Gasteiger partial charge >= 0.3 is 0 Å². The van der Waals surface area contributed by atoms with Crippen LogP contribution in [0.15, 0.2) is 48.5 Å². The summed E-state index contributed by atoms with van der Waals surface area (Å²) in [5, 5.41) is 3.61. The number of nitrogens with one attached hydrogen (secondary N) is 1. The molecule has 1 saturated carbocycles. The number of hydrogen-bond acceptors (Lipinski definition) is 4. The summed E-state index contributed by atoms with van der Waals surface area (Å²) < 4.78 is 5.41. The third kappa shape index (κ3) is 5.33. The van der Waals surface area contributed by atoms with E-state index in [1.54, 1.807) is 4.90 Å². The van der Waals surface area contributed by atoms with E-state index in [1.807, 2.05) is 55.5 Å². The number of carbonyl (C=O) groups is 2. The first-order valence-electron chi connectivity index (χ1n) is 11.8. The van der Waals surface area contributed by atoms with Gasteiger partial charge in [0, 0.05) is 36.0 Å². The monoisotopic (exact) mass is 469 g/mol. The molecule has 1 N–H and O–H groups in total. The molecule has 1 aliphatic carbocycles. The minimum atomic E-state index is -0.569. The Morgan fingerprint density at radius 3 is 2.27 bits per heavy atom. The van der Waals surface area contributed by atoms with Crippen LogP contribution in [0.3, 0.4) is 0 Å². The van der Waals surface area contributed by atoms with Crippen molar-refractivity contribution < 1.29 is 14.3 Å². The fourth-order valence-electron chi connectivity index (χ4n) is 4.95. The van der Waals surface area contributed by atoms with E-state index in [2.05, 4.69) is 10.2 Å². The summed E-state index contributed by atoms with van der Waals surface area (Å²) in [6.07, 6.45) is 3.62. The van der Waals surface area contributed by atoms with Gasteiger partial charge in [-0.15, -0.1) is 0 Å². The van der Waals surface area contributed by atoms with Gasteiger partial charge in [-0.1, -0.05) is 36.6 Å². The molecule has 2 aliphatic rings. The Bertz CT molecular complexity index is 950. The minimum Gasteiger partial charge on any atom is -0.378 e. The molecule has 0 bridgehead atoms. The fraction of sp³-hybridized carbons (Fsp3) is 0.462. The van der Waals surface area contributed by atoms with Gasteiger partial charge in [-0.2, -0.15) is 0 Å². The molecule has 2 amide bonds. The first-order valence-corrected chi connectivity index (χ1v) is 12.2. The number of anilines is 2. The van der Waals surface area contributed by atoms with Crippen molar-refractivity contribution in [1.29, 1.82) is 0 Å². The van der Waals surface area contributed by atoms with Crippen LogP contribution in [-0.2, 0) is 19.7 Å². The van der Waals surface area contributed by atoms with E-state index >= 15 is 0 Å². The largest absolute Gasteiger partial charge is 0.378 e. The molecule has 2 fully saturated rings. The first kappa shape index (κ1) is 23.6. The zero-order chi connectivity index (χ0) is 23.3. The van der Waals surface area contributed by atoms with Crippen molar-refractivity contribution >= 4 is 34.8 Å². The molecule has 1 heterocycles. The van der Waals surface area contributed by atoms with Crippen molar-refractivity contribution in [3.63, 3.8) is 0 Å². The Labute approximate surface area is 200 Å². The third-order valence-corrected chi connectivity index (χ3v) is 7.05. The highest BCUT2D eigenvalue weighted by atomic mass is 35.5. The number of morpholine rings is 1. The number of amides is 2. The van der Waals surface area contributed by atoms with E-state index in [0.717, 1.165) is 68.9 Å². The number of hydrogen-bond donors (Lipinski definition) is 1. The van der Waals surface area contributed by atoms with Gasteiger partial charge in [-0.3, -0.25) is 9.59 Å². The average Bonchev–Trinajstić information content (AvgIpc) is 3.35. The summed E-state index contributed by atoms with van der Waals surface area (Å²) in [6, 6.07) is 15.4. The van der Waals surface area contributed by atoms with E-state index < -0.39 is 5.41 Å². The van der Waals surface area contributed by atoms with Gasteiger partial charge in [0.05, 0.1) is 25.2 Å². The van der Waals surface area contributed by atoms with Crippen molar-refractivity contribution in [3.05, 3.63) is 59.1 Å². The van der Waals surface area contributed by atoms with E-state index in [1.165, 1.54) is 0 Å². The number of carbonyl (C=O) groups excluding carboxylic acids is 2. The van der Waals surface area contributed by atoms with Gasteiger partial charge in [-0.05, 0) is 61.7 Å². The maximum absolute atomic E-state index is 13.7. The van der Waals surface area contributed by atoms with Crippen LogP contribution in [0, 0.1) is 0 Å². The van der Waals surface area contributed by atoms with Crippen LogP contribution in [0.2, 0.25) is 5.02 Å². The van der Waals surface area contributed by atoms with Crippen molar-refractivity contribution in [2.45, 2.75) is 38.0 Å². The lowest BCUT2D eigenvalue weighted by atomic mass is 9.77. The second-order valence-corrected chi connectivity index (χ2v) is 9.25. The molecule has 0 aromatic heterocycles. The van der Waals surface area contributed by atoms with Gasteiger partial charge in [0.2, 0.25) is 11.8 Å². The van der Waals surface area contributed by atoms with Crippen LogP contribution in [0.1, 0.15) is 38.2 Å². The lowest BCUT2D eigenvalue weighted by molar-refractivity contribution is -0.139.